The van der Waals surface area contributed by atoms with Gasteiger partial charge in [-0.2, -0.15) is 5.26 Å². The minimum Gasteiger partial charge on any atom is -0.444 e. The molecular formula is C21H30BN3O5. The van der Waals surface area contributed by atoms with Crippen LogP contribution in [-0.4, -0.2) is 59.6 Å². The van der Waals surface area contributed by atoms with Crippen LogP contribution in [0.1, 0.15) is 66.0 Å². The van der Waals surface area contributed by atoms with Gasteiger partial charge in [0.05, 0.1) is 30.0 Å². The van der Waals surface area contributed by atoms with Crippen molar-refractivity contribution in [3.8, 4) is 6.07 Å². The summed E-state index contributed by atoms with van der Waals surface area (Å²) < 4.78 is 23.6. The van der Waals surface area contributed by atoms with Crippen LogP contribution in [0.25, 0.3) is 0 Å². The number of rotatable bonds is 2. The SMILES string of the molecule is CC(C)(C)OC(=O)N1CCOC(c2cc(B3OC(C)(C)C(C)(C)O3)cc(C#N)n2)C1. The van der Waals surface area contributed by atoms with Crippen molar-refractivity contribution in [2.45, 2.75) is 71.4 Å². The molecule has 30 heavy (non-hydrogen) atoms. The van der Waals surface area contributed by atoms with Gasteiger partial charge in [-0.3, -0.25) is 0 Å². The second-order valence-corrected chi connectivity index (χ2v) is 9.70. The molecule has 3 heterocycles. The van der Waals surface area contributed by atoms with Crippen molar-refractivity contribution in [2.24, 2.45) is 0 Å². The quantitative estimate of drug-likeness (QED) is 0.686. The number of amides is 1. The largest absolute Gasteiger partial charge is 0.495 e. The minimum atomic E-state index is -0.616. The van der Waals surface area contributed by atoms with Crippen LogP contribution < -0.4 is 5.46 Å². The third kappa shape index (κ3) is 4.77. The lowest BCUT2D eigenvalue weighted by Gasteiger charge is -2.34. The summed E-state index contributed by atoms with van der Waals surface area (Å²) in [7, 11) is -0.616. The third-order valence-corrected chi connectivity index (χ3v) is 5.56. The molecule has 0 N–H and O–H groups in total. The number of hydrogen-bond acceptors (Lipinski definition) is 7. The Morgan fingerprint density at radius 1 is 1.27 bits per heavy atom. The summed E-state index contributed by atoms with van der Waals surface area (Å²) in [5, 5.41) is 9.48. The second-order valence-electron chi connectivity index (χ2n) is 9.70. The molecule has 162 valence electrons. The average Bonchev–Trinajstić information content (AvgIpc) is 2.87. The molecule has 0 aliphatic carbocycles. The predicted octanol–water partition coefficient (Wildman–Crippen LogP) is 2.56. The second kappa shape index (κ2) is 7.84. The zero-order valence-electron chi connectivity index (χ0n) is 18.8. The first-order chi connectivity index (χ1) is 13.8. The number of carbonyl (C=O) groups is 1. The number of nitrogens with zero attached hydrogens (tertiary/aromatic N) is 3. The maximum absolute atomic E-state index is 12.5. The zero-order chi connectivity index (χ0) is 22.3. The number of pyridine rings is 1. The van der Waals surface area contributed by atoms with Crippen LogP contribution in [-0.2, 0) is 18.8 Å². The fourth-order valence-corrected chi connectivity index (χ4v) is 3.23. The number of aromatic nitrogens is 1. The fourth-order valence-electron chi connectivity index (χ4n) is 3.23. The highest BCUT2D eigenvalue weighted by molar-refractivity contribution is 6.62. The van der Waals surface area contributed by atoms with Gasteiger partial charge in [-0.25, -0.2) is 9.78 Å². The van der Waals surface area contributed by atoms with Crippen molar-refractivity contribution >= 4 is 18.7 Å². The molecule has 2 saturated heterocycles. The smallest absolute Gasteiger partial charge is 0.444 e. The molecule has 2 aliphatic heterocycles. The Kier molecular flexibility index (Phi) is 5.89. The van der Waals surface area contributed by atoms with E-state index in [4.69, 9.17) is 18.8 Å². The molecule has 0 aromatic carbocycles. The van der Waals surface area contributed by atoms with Crippen LogP contribution in [0.5, 0.6) is 0 Å². The number of nitriles is 1. The van der Waals surface area contributed by atoms with E-state index in [-0.39, 0.29) is 5.69 Å². The Hall–Kier alpha value is -2.15. The Bertz CT molecular complexity index is 843. The molecule has 3 rings (SSSR count). The third-order valence-electron chi connectivity index (χ3n) is 5.56. The fraction of sp³-hybridized carbons (Fsp3) is 0.667. The van der Waals surface area contributed by atoms with Gasteiger partial charge in [0, 0.05) is 6.54 Å². The molecule has 0 bridgehead atoms. The Morgan fingerprint density at radius 3 is 2.47 bits per heavy atom. The van der Waals surface area contributed by atoms with E-state index in [1.807, 2.05) is 54.5 Å². The number of hydrogen-bond donors (Lipinski definition) is 0. The van der Waals surface area contributed by atoms with Gasteiger partial charge >= 0.3 is 13.2 Å². The van der Waals surface area contributed by atoms with Crippen LogP contribution in [0.15, 0.2) is 12.1 Å². The highest BCUT2D eigenvalue weighted by Crippen LogP contribution is 2.36. The highest BCUT2D eigenvalue weighted by atomic mass is 16.7. The molecule has 0 saturated carbocycles. The van der Waals surface area contributed by atoms with Gasteiger partial charge < -0.3 is 23.7 Å². The van der Waals surface area contributed by atoms with E-state index in [9.17, 15) is 10.1 Å². The van der Waals surface area contributed by atoms with Crippen molar-refractivity contribution in [2.75, 3.05) is 19.7 Å². The summed E-state index contributed by atoms with van der Waals surface area (Å²) in [4.78, 5) is 18.5. The molecule has 9 heteroatoms. The molecule has 2 aliphatic rings. The van der Waals surface area contributed by atoms with Gasteiger partial charge in [-0.15, -0.1) is 0 Å². The normalized spacial score (nSPS) is 23.2. The lowest BCUT2D eigenvalue weighted by molar-refractivity contribution is -0.0447. The molecule has 0 radical (unpaired) electrons. The van der Waals surface area contributed by atoms with Crippen molar-refractivity contribution in [3.63, 3.8) is 0 Å². The Labute approximate surface area is 178 Å². The molecule has 1 amide bonds. The molecule has 0 spiro atoms. The molecule has 1 aromatic rings. The Balaban J connectivity index is 1.84. The van der Waals surface area contributed by atoms with Crippen molar-refractivity contribution in [1.82, 2.24) is 9.88 Å². The van der Waals surface area contributed by atoms with Crippen molar-refractivity contribution in [1.29, 1.82) is 5.26 Å². The predicted molar refractivity (Wildman–Crippen MR) is 111 cm³/mol. The zero-order valence-corrected chi connectivity index (χ0v) is 18.8. The van der Waals surface area contributed by atoms with Gasteiger partial charge in [-0.1, -0.05) is 0 Å². The summed E-state index contributed by atoms with van der Waals surface area (Å²) in [6.07, 6.45) is -0.862. The summed E-state index contributed by atoms with van der Waals surface area (Å²) in [6.45, 7) is 14.5. The number of morpholine rings is 1. The van der Waals surface area contributed by atoms with E-state index >= 15 is 0 Å². The molecular weight excluding hydrogens is 385 g/mol. The van der Waals surface area contributed by atoms with E-state index in [2.05, 4.69) is 11.1 Å². The first-order valence-electron chi connectivity index (χ1n) is 10.2. The van der Waals surface area contributed by atoms with Gasteiger partial charge in [0.15, 0.2) is 0 Å². The van der Waals surface area contributed by atoms with Gasteiger partial charge in [0.25, 0.3) is 0 Å². The minimum absolute atomic E-state index is 0.246. The van der Waals surface area contributed by atoms with E-state index < -0.39 is 36.1 Å². The van der Waals surface area contributed by atoms with Crippen LogP contribution in [0.4, 0.5) is 4.79 Å². The van der Waals surface area contributed by atoms with E-state index in [0.29, 0.717) is 30.9 Å². The van der Waals surface area contributed by atoms with Crippen molar-refractivity contribution < 1.29 is 23.6 Å². The molecule has 1 aromatic heterocycles. The van der Waals surface area contributed by atoms with E-state index in [0.717, 1.165) is 0 Å². The van der Waals surface area contributed by atoms with E-state index in [1.165, 1.54) is 0 Å². The van der Waals surface area contributed by atoms with Gasteiger partial charge in [0.2, 0.25) is 0 Å². The van der Waals surface area contributed by atoms with Crippen LogP contribution >= 0.6 is 0 Å². The molecule has 2 fully saturated rings. The summed E-state index contributed by atoms with van der Waals surface area (Å²) >= 11 is 0. The van der Waals surface area contributed by atoms with Crippen molar-refractivity contribution in [3.05, 3.63) is 23.5 Å². The first-order valence-corrected chi connectivity index (χ1v) is 10.2. The standard InChI is InChI=1S/C21H30BN3O5/c1-19(2,3)28-18(26)25-8-9-27-17(13-25)16-11-14(10-15(12-23)24-16)22-29-20(4,5)21(6,7)30-22/h10-11,17H,8-9,13H2,1-7H3. The first kappa shape index (κ1) is 22.5. The topological polar surface area (TPSA) is 93.9 Å². The maximum atomic E-state index is 12.5. The van der Waals surface area contributed by atoms with Gasteiger partial charge in [-0.05, 0) is 66.1 Å². The van der Waals surface area contributed by atoms with E-state index in [1.54, 1.807) is 11.0 Å². The molecule has 1 unspecified atom stereocenters. The lowest BCUT2D eigenvalue weighted by atomic mass is 9.78. The number of ether oxygens (including phenoxy) is 2. The summed E-state index contributed by atoms with van der Waals surface area (Å²) in [6, 6.07) is 5.59. The molecule has 1 atom stereocenters. The van der Waals surface area contributed by atoms with Crippen LogP contribution in [0.3, 0.4) is 0 Å². The monoisotopic (exact) mass is 415 g/mol. The highest BCUT2D eigenvalue weighted by Gasteiger charge is 2.52. The average molecular weight is 415 g/mol. The lowest BCUT2D eigenvalue weighted by Crippen LogP contribution is -2.45. The summed E-state index contributed by atoms with van der Waals surface area (Å²) in [5.74, 6) is 0. The van der Waals surface area contributed by atoms with Crippen LogP contribution in [0.2, 0.25) is 0 Å². The number of carbonyl (C=O) groups excluding carboxylic acids is 1. The molecule has 8 nitrogen and oxygen atoms in total. The van der Waals surface area contributed by atoms with Crippen LogP contribution in [0, 0.1) is 11.3 Å². The summed E-state index contributed by atoms with van der Waals surface area (Å²) in [5.41, 5.74) is -0.0605. The Morgan fingerprint density at radius 2 is 1.90 bits per heavy atom. The van der Waals surface area contributed by atoms with Gasteiger partial charge in [0.1, 0.15) is 23.5 Å². The maximum Gasteiger partial charge on any atom is 0.495 e.